The molecular weight excluding hydrogens is 464 g/mol. The molecule has 0 atom stereocenters. The lowest BCUT2D eigenvalue weighted by atomic mass is 10.1. The molecule has 1 aliphatic heterocycles. The maximum absolute atomic E-state index is 13.3. The van der Waals surface area contributed by atoms with E-state index in [0.29, 0.717) is 22.6 Å². The van der Waals surface area contributed by atoms with E-state index in [0.717, 1.165) is 47.9 Å². The van der Waals surface area contributed by atoms with Gasteiger partial charge in [0, 0.05) is 24.7 Å². The van der Waals surface area contributed by atoms with Crippen LogP contribution in [0.3, 0.4) is 0 Å². The Morgan fingerprint density at radius 1 is 0.889 bits per heavy atom. The topological polar surface area (TPSA) is 126 Å². The van der Waals surface area contributed by atoms with Gasteiger partial charge in [0.15, 0.2) is 11.5 Å². The second-order valence-corrected chi connectivity index (χ2v) is 8.85. The van der Waals surface area contributed by atoms with E-state index >= 15 is 0 Å². The van der Waals surface area contributed by atoms with Crippen LogP contribution in [0.25, 0.3) is 10.9 Å². The highest BCUT2D eigenvalue weighted by molar-refractivity contribution is 5.94. The number of amides is 2. The van der Waals surface area contributed by atoms with E-state index in [1.165, 1.54) is 26.4 Å². The number of carbonyl (C=O) groups is 2. The maximum atomic E-state index is 13.3. The molecule has 2 heterocycles. The molecule has 1 fully saturated rings. The first-order chi connectivity index (χ1) is 17.3. The number of carbonyl (C=O) groups excluding carboxylic acids is 2. The Morgan fingerprint density at radius 2 is 1.50 bits per heavy atom. The number of fused-ring (bicyclic) bond motifs is 1. The average molecular weight is 495 g/mol. The van der Waals surface area contributed by atoms with Gasteiger partial charge in [0.05, 0.1) is 31.7 Å². The number of nitrogens with zero attached hydrogens (tertiary/aromatic N) is 3. The lowest BCUT2D eigenvalue weighted by Gasteiger charge is -2.20. The standard InChI is InChI=1S/C26H30N4O6/c1-35-21-13-19-20(14-22(21)36-2)29(16-23(27)31)26(34)30(25(19)33)15-17-7-9-18(10-8-17)24(32)28-11-5-3-4-6-12-28/h7-10,13-14H,3-6,11-12,15-16H2,1-2H3,(H2,27,31). The van der Waals surface area contributed by atoms with Crippen LogP contribution >= 0.6 is 0 Å². The highest BCUT2D eigenvalue weighted by Crippen LogP contribution is 2.30. The fourth-order valence-electron chi connectivity index (χ4n) is 4.58. The van der Waals surface area contributed by atoms with E-state index in [4.69, 9.17) is 15.2 Å². The maximum Gasteiger partial charge on any atom is 0.332 e. The highest BCUT2D eigenvalue weighted by atomic mass is 16.5. The molecule has 2 N–H and O–H groups in total. The normalized spacial score (nSPS) is 13.9. The summed E-state index contributed by atoms with van der Waals surface area (Å²) < 4.78 is 12.8. The largest absolute Gasteiger partial charge is 0.493 e. The molecule has 4 rings (SSSR count). The molecule has 190 valence electrons. The minimum Gasteiger partial charge on any atom is -0.493 e. The lowest BCUT2D eigenvalue weighted by molar-refractivity contribution is -0.118. The zero-order valence-corrected chi connectivity index (χ0v) is 20.5. The molecule has 0 radical (unpaired) electrons. The summed E-state index contributed by atoms with van der Waals surface area (Å²) in [5, 5.41) is 0.182. The molecule has 2 amide bonds. The summed E-state index contributed by atoms with van der Waals surface area (Å²) in [5.41, 5.74) is 5.61. The minimum atomic E-state index is -0.727. The first-order valence-electron chi connectivity index (χ1n) is 11.9. The third-order valence-electron chi connectivity index (χ3n) is 6.48. The molecule has 0 saturated carbocycles. The van der Waals surface area contributed by atoms with Crippen LogP contribution in [-0.2, 0) is 17.9 Å². The predicted molar refractivity (Wildman–Crippen MR) is 135 cm³/mol. The van der Waals surface area contributed by atoms with E-state index in [1.807, 2.05) is 4.90 Å². The van der Waals surface area contributed by atoms with Crippen LogP contribution in [0.5, 0.6) is 11.5 Å². The highest BCUT2D eigenvalue weighted by Gasteiger charge is 2.20. The number of benzene rings is 2. The number of methoxy groups -OCH3 is 2. The van der Waals surface area contributed by atoms with Gasteiger partial charge in [-0.2, -0.15) is 0 Å². The molecule has 2 aromatic carbocycles. The van der Waals surface area contributed by atoms with Crippen molar-refractivity contribution in [2.75, 3.05) is 27.3 Å². The third kappa shape index (κ3) is 4.98. The Kier molecular flexibility index (Phi) is 7.42. The smallest absolute Gasteiger partial charge is 0.332 e. The van der Waals surface area contributed by atoms with E-state index in [1.54, 1.807) is 24.3 Å². The molecule has 10 nitrogen and oxygen atoms in total. The Balaban J connectivity index is 1.72. The number of ether oxygens (including phenoxy) is 2. The predicted octanol–water partition coefficient (Wildman–Crippen LogP) is 1.73. The van der Waals surface area contributed by atoms with Crippen molar-refractivity contribution in [3.05, 3.63) is 68.4 Å². The summed E-state index contributed by atoms with van der Waals surface area (Å²) in [6, 6.07) is 9.84. The van der Waals surface area contributed by atoms with Crippen molar-refractivity contribution >= 4 is 22.7 Å². The van der Waals surface area contributed by atoms with Crippen LogP contribution in [-0.4, -0.2) is 53.2 Å². The monoisotopic (exact) mass is 494 g/mol. The SMILES string of the molecule is COc1cc2c(=O)n(Cc3ccc(C(=O)N4CCCCCC4)cc3)c(=O)n(CC(N)=O)c2cc1OC. The molecular formula is C26H30N4O6. The summed E-state index contributed by atoms with van der Waals surface area (Å²) in [7, 11) is 2.87. The van der Waals surface area contributed by atoms with Crippen molar-refractivity contribution in [1.82, 2.24) is 14.0 Å². The first kappa shape index (κ1) is 25.0. The van der Waals surface area contributed by atoms with Crippen LogP contribution in [0.2, 0.25) is 0 Å². The number of hydrogen-bond acceptors (Lipinski definition) is 6. The number of nitrogens with two attached hydrogens (primary N) is 1. The van der Waals surface area contributed by atoms with E-state index in [-0.39, 0.29) is 23.4 Å². The van der Waals surface area contributed by atoms with E-state index in [9.17, 15) is 19.2 Å². The van der Waals surface area contributed by atoms with Crippen molar-refractivity contribution in [1.29, 1.82) is 0 Å². The van der Waals surface area contributed by atoms with Crippen LogP contribution < -0.4 is 26.5 Å². The molecule has 0 aliphatic carbocycles. The second-order valence-electron chi connectivity index (χ2n) is 8.85. The Labute approximate surface area is 207 Å². The second kappa shape index (κ2) is 10.7. The molecule has 3 aromatic rings. The molecule has 36 heavy (non-hydrogen) atoms. The lowest BCUT2D eigenvalue weighted by Crippen LogP contribution is -2.42. The summed E-state index contributed by atoms with van der Waals surface area (Å²) in [4.78, 5) is 53.1. The van der Waals surface area contributed by atoms with Gasteiger partial charge < -0.3 is 20.1 Å². The number of aromatic nitrogens is 2. The molecule has 1 aliphatic rings. The van der Waals surface area contributed by atoms with Gasteiger partial charge in [-0.25, -0.2) is 4.79 Å². The number of hydrogen-bond donors (Lipinski definition) is 1. The van der Waals surface area contributed by atoms with Gasteiger partial charge in [-0.15, -0.1) is 0 Å². The Bertz CT molecular complexity index is 1400. The summed E-state index contributed by atoms with van der Waals surface area (Å²) in [6.07, 6.45) is 4.27. The zero-order valence-electron chi connectivity index (χ0n) is 20.5. The van der Waals surface area contributed by atoms with Gasteiger partial charge in [0.1, 0.15) is 6.54 Å². The fraction of sp³-hybridized carbons (Fsp3) is 0.385. The molecule has 0 bridgehead atoms. The van der Waals surface area contributed by atoms with Crippen molar-refractivity contribution in [2.45, 2.75) is 38.8 Å². The summed E-state index contributed by atoms with van der Waals surface area (Å²) in [6.45, 7) is 1.05. The minimum absolute atomic E-state index is 0.0174. The molecule has 10 heteroatoms. The number of primary amides is 1. The first-order valence-corrected chi connectivity index (χ1v) is 11.9. The van der Waals surface area contributed by atoms with Gasteiger partial charge in [-0.3, -0.25) is 23.5 Å². The van der Waals surface area contributed by atoms with Crippen molar-refractivity contribution in [3.63, 3.8) is 0 Å². The molecule has 0 spiro atoms. The van der Waals surface area contributed by atoms with Gasteiger partial charge in [0.2, 0.25) is 5.91 Å². The van der Waals surface area contributed by atoms with Gasteiger partial charge in [-0.05, 0) is 36.6 Å². The van der Waals surface area contributed by atoms with Crippen molar-refractivity contribution < 1.29 is 19.1 Å². The summed E-state index contributed by atoms with van der Waals surface area (Å²) >= 11 is 0. The van der Waals surface area contributed by atoms with E-state index < -0.39 is 23.7 Å². The quantitative estimate of drug-likeness (QED) is 0.533. The summed E-state index contributed by atoms with van der Waals surface area (Å²) in [5.74, 6) is -0.121. The van der Waals surface area contributed by atoms with Crippen molar-refractivity contribution in [2.24, 2.45) is 5.73 Å². The van der Waals surface area contributed by atoms with Crippen LogP contribution in [0.15, 0.2) is 46.0 Å². The van der Waals surface area contributed by atoms with Crippen molar-refractivity contribution in [3.8, 4) is 11.5 Å². The average Bonchev–Trinajstić information content (AvgIpc) is 3.18. The zero-order chi connectivity index (χ0) is 25.8. The van der Waals surface area contributed by atoms with Crippen LogP contribution in [0, 0.1) is 0 Å². The fourth-order valence-corrected chi connectivity index (χ4v) is 4.58. The van der Waals surface area contributed by atoms with Gasteiger partial charge in [-0.1, -0.05) is 25.0 Å². The van der Waals surface area contributed by atoms with Crippen LogP contribution in [0.4, 0.5) is 0 Å². The van der Waals surface area contributed by atoms with Crippen LogP contribution in [0.1, 0.15) is 41.6 Å². The Morgan fingerprint density at radius 3 is 2.08 bits per heavy atom. The number of rotatable bonds is 7. The van der Waals surface area contributed by atoms with Gasteiger partial charge >= 0.3 is 5.69 Å². The number of likely N-dealkylation sites (tertiary alicyclic amines) is 1. The molecule has 1 saturated heterocycles. The van der Waals surface area contributed by atoms with Gasteiger partial charge in [0.25, 0.3) is 11.5 Å². The third-order valence-corrected chi connectivity index (χ3v) is 6.48. The molecule has 1 aromatic heterocycles. The Hall–Kier alpha value is -4.08. The van der Waals surface area contributed by atoms with E-state index in [2.05, 4.69) is 0 Å². The molecule has 0 unspecified atom stereocenters.